The van der Waals surface area contributed by atoms with Gasteiger partial charge in [0.25, 0.3) is 0 Å². The molecule has 24 heavy (non-hydrogen) atoms. The molecule has 1 aliphatic carbocycles. The van der Waals surface area contributed by atoms with Gasteiger partial charge in [-0.1, -0.05) is 19.3 Å². The largest absolute Gasteiger partial charge is 0.511 e. The molecule has 0 atom stereocenters. The lowest BCUT2D eigenvalue weighted by Crippen LogP contribution is -2.50. The van der Waals surface area contributed by atoms with E-state index in [9.17, 15) is 43.2 Å². The summed E-state index contributed by atoms with van der Waals surface area (Å²) in [7, 11) is -10.7. The van der Waals surface area contributed by atoms with Crippen LogP contribution in [0.4, 0.5) is 26.3 Å². The van der Waals surface area contributed by atoms with Crippen LogP contribution in [0, 0.1) is 0 Å². The first-order chi connectivity index (χ1) is 10.2. The van der Waals surface area contributed by atoms with Crippen LogP contribution < -0.4 is 21.7 Å². The molecule has 0 aromatic heterocycles. The smallest absolute Gasteiger partial charge is 0.313 e. The molecule has 0 amide bonds. The first kappa shape index (κ1) is 25.6. The molecular formula is C8H18F6N4O4S2. The molecule has 0 aliphatic heterocycles. The van der Waals surface area contributed by atoms with Crippen molar-refractivity contribution in [2.75, 3.05) is 0 Å². The minimum atomic E-state index is -5.34. The van der Waals surface area contributed by atoms with Crippen molar-refractivity contribution < 1.29 is 43.2 Å². The molecule has 1 fully saturated rings. The molecule has 1 aliphatic rings. The maximum absolute atomic E-state index is 10.8. The van der Waals surface area contributed by atoms with Gasteiger partial charge in [0.1, 0.15) is 0 Å². The summed E-state index contributed by atoms with van der Waals surface area (Å²) in [6, 6.07) is 0. The topological polar surface area (TPSA) is 172 Å². The van der Waals surface area contributed by atoms with E-state index in [4.69, 9.17) is 11.5 Å². The molecule has 1 saturated carbocycles. The molecule has 0 spiro atoms. The van der Waals surface area contributed by atoms with E-state index < -0.39 is 31.1 Å². The summed E-state index contributed by atoms with van der Waals surface area (Å²) in [6.45, 7) is 0. The zero-order valence-electron chi connectivity index (χ0n) is 12.1. The average molecular weight is 412 g/mol. The second kappa shape index (κ2) is 8.61. The maximum Gasteiger partial charge on any atom is 0.511 e. The third-order valence-corrected chi connectivity index (χ3v) is 3.72. The number of primary sulfonamides is 2. The zero-order chi connectivity index (χ0) is 20.0. The molecule has 8 N–H and O–H groups in total. The molecule has 148 valence electrons. The predicted molar refractivity (Wildman–Crippen MR) is 72.5 cm³/mol. The van der Waals surface area contributed by atoms with E-state index in [2.05, 4.69) is 10.3 Å². The number of rotatable bonds is 0. The van der Waals surface area contributed by atoms with Gasteiger partial charge in [0.15, 0.2) is 0 Å². The Kier molecular flexibility index (Phi) is 9.17. The van der Waals surface area contributed by atoms with Crippen LogP contribution in [0.1, 0.15) is 32.1 Å². The third-order valence-electron chi connectivity index (χ3n) is 2.43. The number of halogens is 6. The fraction of sp³-hybridized carbons (Fsp3) is 1.00. The fourth-order valence-electron chi connectivity index (χ4n) is 1.21. The van der Waals surface area contributed by atoms with Crippen LogP contribution in [0.2, 0.25) is 0 Å². The van der Waals surface area contributed by atoms with Gasteiger partial charge in [0, 0.05) is 0 Å². The van der Waals surface area contributed by atoms with Crippen LogP contribution in [-0.2, 0) is 20.0 Å². The Morgan fingerprint density at radius 2 is 0.875 bits per heavy atom. The molecule has 0 aromatic carbocycles. The van der Waals surface area contributed by atoms with E-state index in [1.807, 2.05) is 0 Å². The van der Waals surface area contributed by atoms with Crippen LogP contribution >= 0.6 is 0 Å². The quantitative estimate of drug-likeness (QED) is 0.326. The summed E-state index contributed by atoms with van der Waals surface area (Å²) in [4.78, 5) is 0. The number of alkyl halides is 6. The normalized spacial score (nSPS) is 18.6. The zero-order valence-corrected chi connectivity index (χ0v) is 13.7. The average Bonchev–Trinajstić information content (AvgIpc) is 2.24. The van der Waals surface area contributed by atoms with Crippen LogP contribution in [0.25, 0.3) is 0 Å². The Morgan fingerprint density at radius 1 is 0.667 bits per heavy atom. The monoisotopic (exact) mass is 412 g/mol. The second-order valence-corrected chi connectivity index (χ2v) is 7.88. The van der Waals surface area contributed by atoms with Crippen molar-refractivity contribution in [3.63, 3.8) is 0 Å². The number of hydrogen-bond acceptors (Lipinski definition) is 6. The standard InChI is InChI=1S/C6H14N2.2CH2F3NO2S/c7-6(8)4-2-1-3-5-6;2*2-1(3,4)8(5,6)7/h1-5,7-8H2;2*(H2,5,6,7). The minimum Gasteiger partial charge on any atom is -0.313 e. The van der Waals surface area contributed by atoms with Crippen molar-refractivity contribution in [3.8, 4) is 0 Å². The van der Waals surface area contributed by atoms with Gasteiger partial charge in [-0.3, -0.25) is 0 Å². The number of hydrogen-bond donors (Lipinski definition) is 4. The van der Waals surface area contributed by atoms with Crippen LogP contribution in [-0.4, -0.2) is 33.5 Å². The lowest BCUT2D eigenvalue weighted by molar-refractivity contribution is -0.0441. The Morgan fingerprint density at radius 3 is 0.958 bits per heavy atom. The van der Waals surface area contributed by atoms with Crippen molar-refractivity contribution in [1.82, 2.24) is 0 Å². The van der Waals surface area contributed by atoms with Crippen LogP contribution in [0.15, 0.2) is 0 Å². The Hall–Kier alpha value is -0.680. The van der Waals surface area contributed by atoms with Gasteiger partial charge in [0.05, 0.1) is 5.66 Å². The number of nitrogens with two attached hydrogens (primary N) is 4. The summed E-state index contributed by atoms with van der Waals surface area (Å²) in [6.07, 6.45) is 5.76. The number of sulfonamides is 2. The molecule has 0 aromatic rings. The maximum atomic E-state index is 10.8. The molecule has 16 heteroatoms. The predicted octanol–water partition coefficient (Wildman–Crippen LogP) is 0.154. The van der Waals surface area contributed by atoms with Gasteiger partial charge in [-0.15, -0.1) is 0 Å². The van der Waals surface area contributed by atoms with E-state index in [1.165, 1.54) is 19.3 Å². The summed E-state index contributed by atoms with van der Waals surface area (Å²) in [5.74, 6) is 0. The van der Waals surface area contributed by atoms with Gasteiger partial charge >= 0.3 is 31.1 Å². The highest BCUT2D eigenvalue weighted by molar-refractivity contribution is 7.90. The van der Waals surface area contributed by atoms with E-state index in [0.717, 1.165) is 12.8 Å². The summed E-state index contributed by atoms with van der Waals surface area (Å²) in [5, 5.41) is 7.32. The van der Waals surface area contributed by atoms with Crippen molar-refractivity contribution in [3.05, 3.63) is 0 Å². The highest BCUT2D eigenvalue weighted by Crippen LogP contribution is 2.21. The molecule has 0 radical (unpaired) electrons. The van der Waals surface area contributed by atoms with Crippen molar-refractivity contribution in [1.29, 1.82) is 0 Å². The van der Waals surface area contributed by atoms with E-state index in [1.54, 1.807) is 0 Å². The summed E-state index contributed by atoms with van der Waals surface area (Å²) >= 11 is 0. The van der Waals surface area contributed by atoms with Gasteiger partial charge in [-0.2, -0.15) is 26.3 Å². The highest BCUT2D eigenvalue weighted by Gasteiger charge is 2.43. The van der Waals surface area contributed by atoms with Gasteiger partial charge in [-0.05, 0) is 12.8 Å². The van der Waals surface area contributed by atoms with E-state index in [-0.39, 0.29) is 5.66 Å². The second-order valence-electron chi connectivity index (χ2n) is 4.78. The fourth-order valence-corrected chi connectivity index (χ4v) is 1.21. The Labute approximate surface area is 134 Å². The van der Waals surface area contributed by atoms with Crippen molar-refractivity contribution in [2.24, 2.45) is 21.7 Å². The molecule has 0 unspecified atom stereocenters. The molecular weight excluding hydrogens is 394 g/mol. The van der Waals surface area contributed by atoms with Crippen molar-refractivity contribution in [2.45, 2.75) is 48.8 Å². The van der Waals surface area contributed by atoms with Crippen LogP contribution in [0.3, 0.4) is 0 Å². The lowest BCUT2D eigenvalue weighted by Gasteiger charge is -2.28. The molecule has 8 nitrogen and oxygen atoms in total. The highest BCUT2D eigenvalue weighted by atomic mass is 32.2. The Balaban J connectivity index is 0. The first-order valence-electron chi connectivity index (χ1n) is 5.96. The minimum absolute atomic E-state index is 0.321. The summed E-state index contributed by atoms with van der Waals surface area (Å²) < 4.78 is 102. The van der Waals surface area contributed by atoms with Gasteiger partial charge in [-0.25, -0.2) is 27.1 Å². The SMILES string of the molecule is NC1(N)CCCCC1.NS(=O)(=O)C(F)(F)F.NS(=O)(=O)C(F)(F)F. The van der Waals surface area contributed by atoms with Gasteiger partial charge in [0.2, 0.25) is 0 Å². The lowest BCUT2D eigenvalue weighted by atomic mass is 9.91. The molecule has 1 rings (SSSR count). The third kappa shape index (κ3) is 11.8. The first-order valence-corrected chi connectivity index (χ1v) is 9.06. The van der Waals surface area contributed by atoms with Crippen LogP contribution in [0.5, 0.6) is 0 Å². The van der Waals surface area contributed by atoms with Gasteiger partial charge < -0.3 is 11.5 Å². The van der Waals surface area contributed by atoms with E-state index >= 15 is 0 Å². The van der Waals surface area contributed by atoms with E-state index in [0.29, 0.717) is 0 Å². The Bertz CT molecular complexity index is 535. The molecule has 0 bridgehead atoms. The summed E-state index contributed by atoms with van der Waals surface area (Å²) in [5.41, 5.74) is 0.365. The molecule has 0 saturated heterocycles. The van der Waals surface area contributed by atoms with Crippen molar-refractivity contribution >= 4 is 20.0 Å². The molecule has 0 heterocycles.